The lowest BCUT2D eigenvalue weighted by Crippen LogP contribution is -2.39. The van der Waals surface area contributed by atoms with Crippen LogP contribution < -0.4 is 0 Å². The van der Waals surface area contributed by atoms with Crippen LogP contribution in [-0.2, 0) is 5.41 Å². The number of benzene rings is 8. The van der Waals surface area contributed by atoms with E-state index in [0.29, 0.717) is 11.1 Å². The zero-order chi connectivity index (χ0) is 36.9. The number of rotatable bonds is 6. The fourth-order valence-electron chi connectivity index (χ4n) is 8.10. The van der Waals surface area contributed by atoms with E-state index in [0.717, 1.165) is 66.8 Å². The van der Waals surface area contributed by atoms with Gasteiger partial charge in [0.25, 0.3) is 0 Å². The molecule has 0 spiro atoms. The Labute approximate surface area is 313 Å². The first kappa shape index (κ1) is 33.4. The topological polar surface area (TPSA) is 0 Å². The predicted molar refractivity (Wildman–Crippen MR) is 217 cm³/mol. The summed E-state index contributed by atoms with van der Waals surface area (Å²) >= 11 is 0. The summed E-state index contributed by atoms with van der Waals surface area (Å²) in [6.07, 6.45) is -4.61. The second-order valence-electron chi connectivity index (χ2n) is 14.1. The molecule has 0 aromatic heterocycles. The molecule has 9 rings (SSSR count). The monoisotopic (exact) mass is 704 g/mol. The summed E-state index contributed by atoms with van der Waals surface area (Å²) in [5.74, 6) is 0. The first-order valence-electron chi connectivity index (χ1n) is 18.2. The molecule has 0 unspecified atom stereocenters. The van der Waals surface area contributed by atoms with E-state index in [4.69, 9.17) is 0 Å². The van der Waals surface area contributed by atoms with Crippen molar-refractivity contribution in [2.45, 2.75) is 18.5 Å². The second-order valence-corrected chi connectivity index (χ2v) is 14.1. The minimum atomic E-state index is -4.61. The molecule has 0 N–H and O–H groups in total. The van der Waals surface area contributed by atoms with E-state index in [2.05, 4.69) is 24.3 Å². The van der Waals surface area contributed by atoms with E-state index in [9.17, 15) is 0 Å². The Hall–Kier alpha value is -6.45. The third kappa shape index (κ3) is 5.64. The molecule has 0 atom stereocenters. The molecule has 0 saturated heterocycles. The predicted octanol–water partition coefficient (Wildman–Crippen LogP) is 14.5. The van der Waals surface area contributed by atoms with Crippen LogP contribution in [0.2, 0.25) is 0 Å². The summed E-state index contributed by atoms with van der Waals surface area (Å²) < 4.78 is 48.6. The number of hydrogen-bond donors (Lipinski definition) is 0. The highest BCUT2D eigenvalue weighted by atomic mass is 19.4. The standard InChI is InChI=1S/C51H35F3/c1-50(51(52,53)54)46-32-42(40-26-14-24-38(28-40)34-16-6-2-7-17-34)30-44(36-20-10-4-11-21-36)48(46)49-45(37-22-12-5-13-23-37)31-43(33-47(49)50)41-27-15-25-39(29-41)35-18-8-3-9-19-35/h2-33H,1H3. The Morgan fingerprint density at radius 3 is 0.944 bits per heavy atom. The van der Waals surface area contributed by atoms with Crippen LogP contribution in [0.3, 0.4) is 0 Å². The summed E-state index contributed by atoms with van der Waals surface area (Å²) in [6.45, 7) is 1.37. The van der Waals surface area contributed by atoms with Crippen molar-refractivity contribution >= 4 is 0 Å². The van der Waals surface area contributed by atoms with Gasteiger partial charge in [-0.3, -0.25) is 0 Å². The third-order valence-corrected chi connectivity index (χ3v) is 10.9. The Kier molecular flexibility index (Phi) is 8.16. The highest BCUT2D eigenvalue weighted by Gasteiger charge is 2.59. The summed E-state index contributed by atoms with van der Waals surface area (Å²) in [7, 11) is 0. The fourth-order valence-corrected chi connectivity index (χ4v) is 8.10. The van der Waals surface area contributed by atoms with Gasteiger partial charge in [-0.15, -0.1) is 0 Å². The molecule has 0 saturated carbocycles. The summed E-state index contributed by atoms with van der Waals surface area (Å²) in [5.41, 5.74) is 10.1. The molecule has 54 heavy (non-hydrogen) atoms. The summed E-state index contributed by atoms with van der Waals surface area (Å²) in [6, 6.07) is 63.7. The largest absolute Gasteiger partial charge is 0.402 e. The van der Waals surface area contributed by atoms with Gasteiger partial charge in [0, 0.05) is 0 Å². The van der Waals surface area contributed by atoms with Crippen LogP contribution >= 0.6 is 0 Å². The maximum Gasteiger partial charge on any atom is 0.402 e. The van der Waals surface area contributed by atoms with Crippen LogP contribution in [0, 0.1) is 0 Å². The van der Waals surface area contributed by atoms with Crippen molar-refractivity contribution in [2.24, 2.45) is 0 Å². The van der Waals surface area contributed by atoms with Crippen molar-refractivity contribution in [1.82, 2.24) is 0 Å². The van der Waals surface area contributed by atoms with Crippen molar-refractivity contribution < 1.29 is 13.2 Å². The molecule has 260 valence electrons. The quantitative estimate of drug-likeness (QED) is 0.162. The zero-order valence-electron chi connectivity index (χ0n) is 29.6. The number of hydrogen-bond acceptors (Lipinski definition) is 0. The van der Waals surface area contributed by atoms with Crippen LogP contribution in [0.15, 0.2) is 194 Å². The smallest absolute Gasteiger partial charge is 0.170 e. The van der Waals surface area contributed by atoms with E-state index < -0.39 is 11.6 Å². The van der Waals surface area contributed by atoms with E-state index in [1.54, 1.807) is 12.1 Å². The maximum absolute atomic E-state index is 16.2. The molecule has 0 radical (unpaired) electrons. The Morgan fingerprint density at radius 1 is 0.315 bits per heavy atom. The van der Waals surface area contributed by atoms with Crippen LogP contribution in [-0.4, -0.2) is 6.18 Å². The van der Waals surface area contributed by atoms with Gasteiger partial charge < -0.3 is 0 Å². The molecule has 0 heterocycles. The Bertz CT molecular complexity index is 2450. The van der Waals surface area contributed by atoms with Gasteiger partial charge in [-0.2, -0.15) is 13.2 Å². The number of alkyl halides is 3. The first-order chi connectivity index (χ1) is 26.3. The van der Waals surface area contributed by atoms with Gasteiger partial charge in [0.05, 0.1) is 0 Å². The molecule has 0 amide bonds. The lowest BCUT2D eigenvalue weighted by Gasteiger charge is -2.31. The van der Waals surface area contributed by atoms with E-state index >= 15 is 13.2 Å². The number of halogens is 3. The normalized spacial score (nSPS) is 13.0. The van der Waals surface area contributed by atoms with Gasteiger partial charge in [0.2, 0.25) is 0 Å². The molecule has 1 aliphatic rings. The molecule has 0 nitrogen and oxygen atoms in total. The molecular formula is C51H35F3. The fraction of sp³-hybridized carbons (Fsp3) is 0.0588. The van der Waals surface area contributed by atoms with Gasteiger partial charge >= 0.3 is 6.18 Å². The van der Waals surface area contributed by atoms with Gasteiger partial charge in [-0.25, -0.2) is 0 Å². The molecule has 0 aliphatic heterocycles. The van der Waals surface area contributed by atoms with E-state index in [-0.39, 0.29) is 11.1 Å². The highest BCUT2D eigenvalue weighted by Crippen LogP contribution is 2.62. The van der Waals surface area contributed by atoms with Gasteiger partial charge in [-0.05, 0) is 132 Å². The molecule has 8 aromatic carbocycles. The van der Waals surface area contributed by atoms with Crippen LogP contribution in [0.1, 0.15) is 18.1 Å². The average molecular weight is 705 g/mol. The summed E-state index contributed by atoms with van der Waals surface area (Å²) in [5, 5.41) is 0. The Balaban J connectivity index is 1.35. The minimum Gasteiger partial charge on any atom is -0.170 e. The Morgan fingerprint density at radius 2 is 0.611 bits per heavy atom. The van der Waals surface area contributed by atoms with Gasteiger partial charge in [-0.1, -0.05) is 158 Å². The van der Waals surface area contributed by atoms with Crippen LogP contribution in [0.25, 0.3) is 77.9 Å². The van der Waals surface area contributed by atoms with E-state index in [1.165, 1.54) is 6.92 Å². The lowest BCUT2D eigenvalue weighted by atomic mass is 9.77. The van der Waals surface area contributed by atoms with Gasteiger partial charge in [0.1, 0.15) is 5.41 Å². The molecule has 3 heteroatoms. The maximum atomic E-state index is 16.2. The van der Waals surface area contributed by atoms with Gasteiger partial charge in [0.15, 0.2) is 0 Å². The van der Waals surface area contributed by atoms with Crippen molar-refractivity contribution in [3.8, 4) is 77.9 Å². The highest BCUT2D eigenvalue weighted by molar-refractivity contribution is 6.03. The molecule has 1 aliphatic carbocycles. The average Bonchev–Trinajstić information content (AvgIpc) is 3.50. The zero-order valence-corrected chi connectivity index (χ0v) is 29.6. The van der Waals surface area contributed by atoms with Crippen molar-refractivity contribution in [2.75, 3.05) is 0 Å². The summed E-state index contributed by atoms with van der Waals surface area (Å²) in [4.78, 5) is 0. The number of fused-ring (bicyclic) bond motifs is 3. The van der Waals surface area contributed by atoms with Crippen molar-refractivity contribution in [1.29, 1.82) is 0 Å². The van der Waals surface area contributed by atoms with Crippen molar-refractivity contribution in [3.63, 3.8) is 0 Å². The molecule has 8 aromatic rings. The molecular weight excluding hydrogens is 670 g/mol. The van der Waals surface area contributed by atoms with Crippen LogP contribution in [0.4, 0.5) is 13.2 Å². The lowest BCUT2D eigenvalue weighted by molar-refractivity contribution is -0.172. The molecule has 0 bridgehead atoms. The van der Waals surface area contributed by atoms with Crippen molar-refractivity contribution in [3.05, 3.63) is 205 Å². The molecule has 0 fully saturated rings. The SMILES string of the molecule is CC1(C(F)(F)F)c2cc(-c3cccc(-c4ccccc4)c3)cc(-c3ccccc3)c2-c2c(-c3ccccc3)cc(-c3cccc(-c4ccccc4)c3)cc21. The second kappa shape index (κ2) is 13.2. The minimum absolute atomic E-state index is 0.263. The van der Waals surface area contributed by atoms with Crippen LogP contribution in [0.5, 0.6) is 0 Å². The first-order valence-corrected chi connectivity index (χ1v) is 18.2. The third-order valence-electron chi connectivity index (χ3n) is 10.9. The van der Waals surface area contributed by atoms with E-state index in [1.807, 2.05) is 158 Å².